The van der Waals surface area contributed by atoms with Gasteiger partial charge >= 0.3 is 5.97 Å². The summed E-state index contributed by atoms with van der Waals surface area (Å²) in [5.41, 5.74) is 2.63. The lowest BCUT2D eigenvalue weighted by molar-refractivity contribution is -0.119. The van der Waals surface area contributed by atoms with Crippen molar-refractivity contribution in [1.82, 2.24) is 0 Å². The molecule has 130 valence electrons. The fourth-order valence-electron chi connectivity index (χ4n) is 2.33. The maximum atomic E-state index is 12.1. The number of rotatable bonds is 7. The van der Waals surface area contributed by atoms with Crippen molar-refractivity contribution in [3.05, 3.63) is 51.2 Å². The van der Waals surface area contributed by atoms with Gasteiger partial charge in [-0.15, -0.1) is 11.3 Å². The van der Waals surface area contributed by atoms with E-state index in [0.29, 0.717) is 17.0 Å². The number of nitrogens with one attached hydrogen (secondary N) is 1. The molecule has 0 fully saturated rings. The Balaban J connectivity index is 1.85. The Hall–Kier alpha value is -2.65. The number of thiophene rings is 1. The van der Waals surface area contributed by atoms with Crippen molar-refractivity contribution in [2.75, 3.05) is 11.9 Å². The highest BCUT2D eigenvalue weighted by Crippen LogP contribution is 2.23. The number of ether oxygens (including phenoxy) is 1. The molecule has 0 aliphatic carbocycles. The predicted octanol–water partition coefficient (Wildman–Crippen LogP) is 3.87. The standard InChI is InChI=1S/C19H20N2O3S/c1-3-4-15-11-17(25-13(15)2)19(23)24-12-18(22)21-16-7-5-14(6-8-16)9-10-20/h5-8,11H,3-4,9,12H2,1-2H3,(H,21,22). The first-order chi connectivity index (χ1) is 12.0. The van der Waals surface area contributed by atoms with E-state index in [1.807, 2.05) is 13.0 Å². The minimum Gasteiger partial charge on any atom is -0.451 e. The summed E-state index contributed by atoms with van der Waals surface area (Å²) in [7, 11) is 0. The van der Waals surface area contributed by atoms with Crippen molar-refractivity contribution in [3.8, 4) is 6.07 Å². The fraction of sp³-hybridized carbons (Fsp3) is 0.316. The second-order valence-electron chi connectivity index (χ2n) is 5.60. The molecule has 0 spiro atoms. The maximum absolute atomic E-state index is 12.1. The lowest BCUT2D eigenvalue weighted by atomic mass is 10.1. The molecule has 0 aliphatic heterocycles. The molecule has 0 saturated carbocycles. The van der Waals surface area contributed by atoms with Gasteiger partial charge in [0.15, 0.2) is 6.61 Å². The summed E-state index contributed by atoms with van der Waals surface area (Å²) in [4.78, 5) is 25.6. The molecule has 1 aromatic carbocycles. The van der Waals surface area contributed by atoms with Crippen molar-refractivity contribution in [1.29, 1.82) is 5.26 Å². The first-order valence-electron chi connectivity index (χ1n) is 8.05. The van der Waals surface area contributed by atoms with Crippen LogP contribution >= 0.6 is 11.3 Å². The van der Waals surface area contributed by atoms with E-state index in [4.69, 9.17) is 10.00 Å². The van der Waals surface area contributed by atoms with Crippen LogP contribution < -0.4 is 5.32 Å². The molecule has 1 N–H and O–H groups in total. The Morgan fingerprint density at radius 2 is 2.00 bits per heavy atom. The van der Waals surface area contributed by atoms with Crippen molar-refractivity contribution in [3.63, 3.8) is 0 Å². The number of amides is 1. The largest absolute Gasteiger partial charge is 0.451 e. The number of anilines is 1. The number of hydrogen-bond donors (Lipinski definition) is 1. The molecule has 0 atom stereocenters. The van der Waals surface area contributed by atoms with Gasteiger partial charge in [0, 0.05) is 10.6 Å². The van der Waals surface area contributed by atoms with E-state index < -0.39 is 11.9 Å². The monoisotopic (exact) mass is 356 g/mol. The van der Waals surface area contributed by atoms with E-state index in [1.54, 1.807) is 24.3 Å². The molecule has 0 aliphatic rings. The van der Waals surface area contributed by atoms with Gasteiger partial charge in [0.2, 0.25) is 0 Å². The first-order valence-corrected chi connectivity index (χ1v) is 8.87. The Kier molecular flexibility index (Phi) is 6.72. The van der Waals surface area contributed by atoms with Crippen molar-refractivity contribution < 1.29 is 14.3 Å². The van der Waals surface area contributed by atoms with Gasteiger partial charge in [-0.2, -0.15) is 5.26 Å². The summed E-state index contributed by atoms with van der Waals surface area (Å²) in [5, 5.41) is 11.3. The van der Waals surface area contributed by atoms with Crippen LogP contribution in [0.25, 0.3) is 0 Å². The van der Waals surface area contributed by atoms with Crippen LogP contribution in [0, 0.1) is 18.3 Å². The summed E-state index contributed by atoms with van der Waals surface area (Å²) in [5.74, 6) is -0.876. The second kappa shape index (κ2) is 9.00. The van der Waals surface area contributed by atoms with E-state index in [1.165, 1.54) is 11.3 Å². The molecule has 1 heterocycles. The number of benzene rings is 1. The molecule has 0 saturated heterocycles. The third kappa shape index (κ3) is 5.44. The number of hydrogen-bond acceptors (Lipinski definition) is 5. The molecule has 1 aromatic heterocycles. The Morgan fingerprint density at radius 3 is 2.64 bits per heavy atom. The van der Waals surface area contributed by atoms with Gasteiger partial charge in [-0.3, -0.25) is 4.79 Å². The SMILES string of the molecule is CCCc1cc(C(=O)OCC(=O)Nc2ccc(CC#N)cc2)sc1C. The molecule has 25 heavy (non-hydrogen) atoms. The van der Waals surface area contributed by atoms with Gasteiger partial charge in [0.25, 0.3) is 5.91 Å². The molecule has 1 amide bonds. The number of carbonyl (C=O) groups excluding carboxylic acids is 2. The molecular weight excluding hydrogens is 336 g/mol. The summed E-state index contributed by atoms with van der Waals surface area (Å²) in [6.07, 6.45) is 2.27. The number of esters is 1. The second-order valence-corrected chi connectivity index (χ2v) is 6.85. The molecule has 6 heteroatoms. The van der Waals surface area contributed by atoms with E-state index >= 15 is 0 Å². The average Bonchev–Trinajstić information content (AvgIpc) is 2.96. The van der Waals surface area contributed by atoms with Crippen molar-refractivity contribution in [2.45, 2.75) is 33.1 Å². The lowest BCUT2D eigenvalue weighted by Crippen LogP contribution is -2.20. The van der Waals surface area contributed by atoms with Gasteiger partial charge in [-0.1, -0.05) is 25.5 Å². The first kappa shape index (κ1) is 18.7. The number of carbonyl (C=O) groups is 2. The number of nitriles is 1. The fourth-order valence-corrected chi connectivity index (χ4v) is 3.30. The van der Waals surface area contributed by atoms with Crippen LogP contribution in [-0.2, 0) is 22.4 Å². The van der Waals surface area contributed by atoms with E-state index in [-0.39, 0.29) is 6.61 Å². The average molecular weight is 356 g/mol. The highest BCUT2D eigenvalue weighted by molar-refractivity contribution is 7.14. The molecule has 0 unspecified atom stereocenters. The molecule has 0 bridgehead atoms. The molecular formula is C19H20N2O3S. The number of nitrogens with zero attached hydrogens (tertiary/aromatic N) is 1. The van der Waals surface area contributed by atoms with E-state index in [9.17, 15) is 9.59 Å². The van der Waals surface area contributed by atoms with Crippen LogP contribution in [0.3, 0.4) is 0 Å². The topological polar surface area (TPSA) is 79.2 Å². The van der Waals surface area contributed by atoms with Gasteiger partial charge < -0.3 is 10.1 Å². The van der Waals surface area contributed by atoms with Crippen LogP contribution in [0.5, 0.6) is 0 Å². The maximum Gasteiger partial charge on any atom is 0.348 e. The zero-order valence-electron chi connectivity index (χ0n) is 14.3. The van der Waals surface area contributed by atoms with E-state index in [2.05, 4.69) is 18.3 Å². The van der Waals surface area contributed by atoms with Crippen LogP contribution in [0.1, 0.15) is 39.0 Å². The van der Waals surface area contributed by atoms with Gasteiger partial charge in [0.1, 0.15) is 4.88 Å². The molecule has 0 radical (unpaired) electrons. The zero-order chi connectivity index (χ0) is 18.2. The van der Waals surface area contributed by atoms with E-state index in [0.717, 1.165) is 28.8 Å². The summed E-state index contributed by atoms with van der Waals surface area (Å²) >= 11 is 1.39. The predicted molar refractivity (Wildman–Crippen MR) is 97.7 cm³/mol. The summed E-state index contributed by atoms with van der Waals surface area (Å²) in [6, 6.07) is 10.9. The molecule has 2 rings (SSSR count). The van der Waals surface area contributed by atoms with Gasteiger partial charge in [0.05, 0.1) is 12.5 Å². The zero-order valence-corrected chi connectivity index (χ0v) is 15.1. The van der Waals surface area contributed by atoms with Crippen molar-refractivity contribution in [2.24, 2.45) is 0 Å². The van der Waals surface area contributed by atoms with Gasteiger partial charge in [-0.05, 0) is 42.7 Å². The van der Waals surface area contributed by atoms with Gasteiger partial charge in [-0.25, -0.2) is 4.79 Å². The van der Waals surface area contributed by atoms with Crippen LogP contribution in [-0.4, -0.2) is 18.5 Å². The minimum atomic E-state index is -0.477. The third-order valence-electron chi connectivity index (χ3n) is 3.60. The van der Waals surface area contributed by atoms with Crippen LogP contribution in [0.15, 0.2) is 30.3 Å². The van der Waals surface area contributed by atoms with Crippen LogP contribution in [0.2, 0.25) is 0 Å². The normalized spacial score (nSPS) is 10.1. The molecule has 2 aromatic rings. The Morgan fingerprint density at radius 1 is 1.28 bits per heavy atom. The Labute approximate surface area is 151 Å². The lowest BCUT2D eigenvalue weighted by Gasteiger charge is -2.06. The van der Waals surface area contributed by atoms with Crippen molar-refractivity contribution >= 4 is 28.9 Å². The quantitative estimate of drug-likeness (QED) is 0.764. The van der Waals surface area contributed by atoms with Crippen LogP contribution in [0.4, 0.5) is 5.69 Å². The summed E-state index contributed by atoms with van der Waals surface area (Å²) < 4.78 is 5.09. The minimum absolute atomic E-state index is 0.325. The number of aryl methyl sites for hydroxylation is 2. The Bertz CT molecular complexity index is 788. The third-order valence-corrected chi connectivity index (χ3v) is 4.67. The highest BCUT2D eigenvalue weighted by atomic mass is 32.1. The summed E-state index contributed by atoms with van der Waals surface area (Å²) in [6.45, 7) is 3.74. The molecule has 5 nitrogen and oxygen atoms in total. The smallest absolute Gasteiger partial charge is 0.348 e. The highest BCUT2D eigenvalue weighted by Gasteiger charge is 2.15.